The maximum Gasteiger partial charge on any atom is 0.240 e. The molecule has 0 unspecified atom stereocenters. The lowest BCUT2D eigenvalue weighted by Gasteiger charge is -2.26. The van der Waals surface area contributed by atoms with E-state index in [0.29, 0.717) is 11.6 Å². The van der Waals surface area contributed by atoms with Crippen molar-refractivity contribution < 1.29 is 8.42 Å². The summed E-state index contributed by atoms with van der Waals surface area (Å²) in [4.78, 5) is 0.240. The van der Waals surface area contributed by atoms with Gasteiger partial charge >= 0.3 is 0 Å². The van der Waals surface area contributed by atoms with E-state index in [1.807, 2.05) is 6.92 Å². The first kappa shape index (κ1) is 14.8. The van der Waals surface area contributed by atoms with Crippen LogP contribution in [0.15, 0.2) is 23.1 Å². The molecule has 19 heavy (non-hydrogen) atoms. The van der Waals surface area contributed by atoms with Crippen LogP contribution < -0.4 is 10.0 Å². The van der Waals surface area contributed by atoms with Crippen molar-refractivity contribution in [2.45, 2.75) is 43.7 Å². The Morgan fingerprint density at radius 1 is 1.37 bits per heavy atom. The van der Waals surface area contributed by atoms with Crippen molar-refractivity contribution in [2.75, 3.05) is 6.54 Å². The molecule has 1 aromatic carbocycles. The van der Waals surface area contributed by atoms with E-state index in [-0.39, 0.29) is 10.9 Å². The Balaban J connectivity index is 2.13. The topological polar surface area (TPSA) is 58.2 Å². The number of hydrogen-bond acceptors (Lipinski definition) is 3. The minimum Gasteiger partial charge on any atom is -0.313 e. The summed E-state index contributed by atoms with van der Waals surface area (Å²) >= 11 is 6.12. The predicted molar refractivity (Wildman–Crippen MR) is 76.8 cm³/mol. The van der Waals surface area contributed by atoms with Gasteiger partial charge in [0.1, 0.15) is 0 Å². The van der Waals surface area contributed by atoms with Gasteiger partial charge in [0.05, 0.1) is 4.90 Å². The minimum atomic E-state index is -3.43. The summed E-state index contributed by atoms with van der Waals surface area (Å²) < 4.78 is 27.0. The lowest BCUT2D eigenvalue weighted by molar-refractivity contribution is 0.383. The molecule has 1 saturated carbocycles. The van der Waals surface area contributed by atoms with E-state index in [9.17, 15) is 8.42 Å². The molecule has 0 atom stereocenters. The van der Waals surface area contributed by atoms with Gasteiger partial charge in [0.25, 0.3) is 0 Å². The first-order chi connectivity index (χ1) is 9.03. The molecule has 0 radical (unpaired) electrons. The molecule has 1 aliphatic rings. The van der Waals surface area contributed by atoms with Crippen LogP contribution in [0.3, 0.4) is 0 Å². The normalized spacial score (nSPS) is 16.3. The molecule has 2 N–H and O–H groups in total. The van der Waals surface area contributed by atoms with Gasteiger partial charge in [0.2, 0.25) is 10.0 Å². The molecular formula is C13H19ClN2O2S. The van der Waals surface area contributed by atoms with Gasteiger partial charge < -0.3 is 5.32 Å². The Morgan fingerprint density at radius 2 is 2.11 bits per heavy atom. The van der Waals surface area contributed by atoms with Gasteiger partial charge in [-0.2, -0.15) is 0 Å². The standard InChI is InChI=1S/C13H19ClN2O2S/c1-2-15-9-10-6-7-12(8-13(10)14)19(17,18)16-11-4-3-5-11/h6-8,11,15-16H,2-5,9H2,1H3. The molecule has 2 rings (SSSR count). The molecule has 0 heterocycles. The number of hydrogen-bond donors (Lipinski definition) is 2. The van der Waals surface area contributed by atoms with E-state index >= 15 is 0 Å². The average molecular weight is 303 g/mol. The van der Waals surface area contributed by atoms with Crippen LogP contribution in [0.1, 0.15) is 31.7 Å². The Morgan fingerprint density at radius 3 is 2.63 bits per heavy atom. The van der Waals surface area contributed by atoms with Crippen LogP contribution in [0.5, 0.6) is 0 Å². The van der Waals surface area contributed by atoms with Crippen LogP contribution in [0.4, 0.5) is 0 Å². The van der Waals surface area contributed by atoms with Crippen molar-refractivity contribution in [3.05, 3.63) is 28.8 Å². The van der Waals surface area contributed by atoms with Gasteiger partial charge in [-0.1, -0.05) is 31.0 Å². The van der Waals surface area contributed by atoms with Crippen LogP contribution in [0.25, 0.3) is 0 Å². The monoisotopic (exact) mass is 302 g/mol. The summed E-state index contributed by atoms with van der Waals surface area (Å²) in [5.74, 6) is 0. The van der Waals surface area contributed by atoms with Crippen LogP contribution in [0.2, 0.25) is 5.02 Å². The van der Waals surface area contributed by atoms with Crippen molar-refractivity contribution in [3.63, 3.8) is 0 Å². The number of benzene rings is 1. The van der Waals surface area contributed by atoms with Crippen LogP contribution in [-0.2, 0) is 16.6 Å². The average Bonchev–Trinajstić information content (AvgIpc) is 2.32. The van der Waals surface area contributed by atoms with E-state index in [4.69, 9.17) is 11.6 Å². The number of halogens is 1. The summed E-state index contributed by atoms with van der Waals surface area (Å²) in [5, 5.41) is 3.65. The molecule has 4 nitrogen and oxygen atoms in total. The largest absolute Gasteiger partial charge is 0.313 e. The second-order valence-corrected chi connectivity index (χ2v) is 6.90. The maximum atomic E-state index is 12.1. The molecule has 1 fully saturated rings. The quantitative estimate of drug-likeness (QED) is 0.847. The summed E-state index contributed by atoms with van der Waals surface area (Å²) in [6, 6.07) is 4.99. The fourth-order valence-electron chi connectivity index (χ4n) is 1.91. The summed E-state index contributed by atoms with van der Waals surface area (Å²) in [6.45, 7) is 3.50. The Bertz CT molecular complexity index is 542. The first-order valence-corrected chi connectivity index (χ1v) is 8.40. The highest BCUT2D eigenvalue weighted by Crippen LogP contribution is 2.24. The predicted octanol–water partition coefficient (Wildman–Crippen LogP) is 2.28. The second kappa shape index (κ2) is 6.22. The van der Waals surface area contributed by atoms with Crippen molar-refractivity contribution in [2.24, 2.45) is 0 Å². The van der Waals surface area contributed by atoms with Crippen molar-refractivity contribution in [3.8, 4) is 0 Å². The molecule has 0 aromatic heterocycles. The van der Waals surface area contributed by atoms with Gasteiger partial charge in [-0.05, 0) is 37.1 Å². The van der Waals surface area contributed by atoms with E-state index < -0.39 is 10.0 Å². The van der Waals surface area contributed by atoms with Crippen LogP contribution in [0, 0.1) is 0 Å². The van der Waals surface area contributed by atoms with Crippen LogP contribution >= 0.6 is 11.6 Å². The molecule has 0 saturated heterocycles. The van der Waals surface area contributed by atoms with Crippen LogP contribution in [-0.4, -0.2) is 21.0 Å². The summed E-state index contributed by atoms with van der Waals surface area (Å²) in [7, 11) is -3.43. The second-order valence-electron chi connectivity index (χ2n) is 4.78. The Kier molecular flexibility index (Phi) is 4.84. The molecule has 0 spiro atoms. The SMILES string of the molecule is CCNCc1ccc(S(=O)(=O)NC2CCC2)cc1Cl. The minimum absolute atomic E-state index is 0.0882. The van der Waals surface area contributed by atoms with Gasteiger partial charge in [-0.25, -0.2) is 13.1 Å². The molecule has 0 aliphatic heterocycles. The highest BCUT2D eigenvalue weighted by molar-refractivity contribution is 7.89. The van der Waals surface area contributed by atoms with Crippen molar-refractivity contribution in [1.29, 1.82) is 0 Å². The van der Waals surface area contributed by atoms with Gasteiger partial charge in [-0.15, -0.1) is 0 Å². The molecule has 6 heteroatoms. The van der Waals surface area contributed by atoms with Gasteiger partial charge in [0.15, 0.2) is 0 Å². The summed E-state index contributed by atoms with van der Waals surface area (Å²) in [6.07, 6.45) is 2.94. The highest BCUT2D eigenvalue weighted by Gasteiger charge is 2.24. The number of nitrogens with one attached hydrogen (secondary N) is 2. The summed E-state index contributed by atoms with van der Waals surface area (Å²) in [5.41, 5.74) is 0.908. The van der Waals surface area contributed by atoms with E-state index in [2.05, 4.69) is 10.0 Å². The van der Waals surface area contributed by atoms with Gasteiger partial charge in [0, 0.05) is 17.6 Å². The Hall–Kier alpha value is -0.620. The lowest BCUT2D eigenvalue weighted by Crippen LogP contribution is -2.39. The fraction of sp³-hybridized carbons (Fsp3) is 0.538. The smallest absolute Gasteiger partial charge is 0.240 e. The zero-order chi connectivity index (χ0) is 13.9. The molecule has 106 valence electrons. The highest BCUT2D eigenvalue weighted by atomic mass is 35.5. The van der Waals surface area contributed by atoms with Gasteiger partial charge in [-0.3, -0.25) is 0 Å². The number of sulfonamides is 1. The molecule has 0 bridgehead atoms. The van der Waals surface area contributed by atoms with Crippen molar-refractivity contribution in [1.82, 2.24) is 10.0 Å². The molecule has 0 amide bonds. The molecule has 1 aliphatic carbocycles. The van der Waals surface area contributed by atoms with E-state index in [1.54, 1.807) is 12.1 Å². The first-order valence-electron chi connectivity index (χ1n) is 6.54. The van der Waals surface area contributed by atoms with E-state index in [0.717, 1.165) is 31.4 Å². The third kappa shape index (κ3) is 3.69. The Labute approximate surface area is 119 Å². The zero-order valence-electron chi connectivity index (χ0n) is 10.9. The third-order valence-corrected chi connectivity index (χ3v) is 5.20. The van der Waals surface area contributed by atoms with Crippen molar-refractivity contribution >= 4 is 21.6 Å². The third-order valence-electron chi connectivity index (χ3n) is 3.33. The fourth-order valence-corrected chi connectivity index (χ4v) is 3.55. The molecule has 1 aromatic rings. The maximum absolute atomic E-state index is 12.1. The molecular weight excluding hydrogens is 284 g/mol. The van der Waals surface area contributed by atoms with E-state index in [1.165, 1.54) is 6.07 Å². The lowest BCUT2D eigenvalue weighted by atomic mass is 9.94. The zero-order valence-corrected chi connectivity index (χ0v) is 12.5. The number of rotatable bonds is 6.